The van der Waals surface area contributed by atoms with Crippen molar-refractivity contribution in [3.63, 3.8) is 0 Å². The van der Waals surface area contributed by atoms with E-state index >= 15 is 0 Å². The van der Waals surface area contributed by atoms with Gasteiger partial charge in [-0.1, -0.05) is 0 Å². The molecule has 1 N–H and O–H groups in total. The maximum absolute atomic E-state index is 10.7. The molecule has 1 unspecified atom stereocenters. The van der Waals surface area contributed by atoms with Crippen LogP contribution in [0, 0.1) is 10.1 Å². The van der Waals surface area contributed by atoms with Crippen molar-refractivity contribution in [1.82, 2.24) is 14.9 Å². The molecule has 2 heterocycles. The van der Waals surface area contributed by atoms with Crippen LogP contribution in [0.4, 0.5) is 5.82 Å². The lowest BCUT2D eigenvalue weighted by atomic mass is 10.1. The van der Waals surface area contributed by atoms with Gasteiger partial charge in [0.25, 0.3) is 5.88 Å². The van der Waals surface area contributed by atoms with Crippen molar-refractivity contribution >= 4 is 5.82 Å². The lowest BCUT2D eigenvalue weighted by Gasteiger charge is -2.23. The Bertz CT molecular complexity index is 384. The Hall–Kier alpha value is -1.63. The predicted octanol–water partition coefficient (Wildman–Crippen LogP) is 0.459. The van der Waals surface area contributed by atoms with Crippen molar-refractivity contribution in [2.24, 2.45) is 7.05 Å². The molecule has 1 saturated heterocycles. The van der Waals surface area contributed by atoms with Crippen LogP contribution in [0.5, 0.6) is 5.88 Å². The van der Waals surface area contributed by atoms with Gasteiger partial charge in [0.05, 0.1) is 0 Å². The van der Waals surface area contributed by atoms with Gasteiger partial charge in [0, 0.05) is 13.6 Å². The molecule has 0 spiro atoms. The third kappa shape index (κ3) is 2.13. The zero-order valence-electron chi connectivity index (χ0n) is 9.05. The Balaban J connectivity index is 2.12. The van der Waals surface area contributed by atoms with E-state index in [1.54, 1.807) is 7.05 Å². The SMILES string of the molecule is Cn1cnc([N+](=O)[O-])c1OC1CCCNC1. The summed E-state index contributed by atoms with van der Waals surface area (Å²) < 4.78 is 7.15. The summed E-state index contributed by atoms with van der Waals surface area (Å²) in [5.41, 5.74) is 0. The van der Waals surface area contributed by atoms with Gasteiger partial charge in [0.1, 0.15) is 6.10 Å². The monoisotopic (exact) mass is 226 g/mol. The van der Waals surface area contributed by atoms with Gasteiger partial charge >= 0.3 is 5.82 Å². The van der Waals surface area contributed by atoms with Crippen molar-refractivity contribution < 1.29 is 9.66 Å². The van der Waals surface area contributed by atoms with E-state index in [9.17, 15) is 10.1 Å². The molecule has 0 aliphatic carbocycles. The number of piperidine rings is 1. The lowest BCUT2D eigenvalue weighted by Crippen LogP contribution is -2.37. The zero-order chi connectivity index (χ0) is 11.5. The molecule has 1 aliphatic rings. The molecule has 1 aliphatic heterocycles. The second-order valence-electron chi connectivity index (χ2n) is 3.83. The molecular weight excluding hydrogens is 212 g/mol. The largest absolute Gasteiger partial charge is 0.468 e. The number of nitro groups is 1. The van der Waals surface area contributed by atoms with Crippen molar-refractivity contribution in [3.05, 3.63) is 16.4 Å². The molecule has 88 valence electrons. The number of aromatic nitrogens is 2. The first-order chi connectivity index (χ1) is 7.68. The third-order valence-corrected chi connectivity index (χ3v) is 2.57. The Morgan fingerprint density at radius 2 is 2.56 bits per heavy atom. The van der Waals surface area contributed by atoms with Crippen LogP contribution in [0.3, 0.4) is 0 Å². The maximum Gasteiger partial charge on any atom is 0.426 e. The highest BCUT2D eigenvalue weighted by Crippen LogP contribution is 2.25. The molecule has 0 amide bonds. The van der Waals surface area contributed by atoms with Gasteiger partial charge < -0.3 is 20.2 Å². The highest BCUT2D eigenvalue weighted by Gasteiger charge is 2.25. The number of nitrogens with zero attached hydrogens (tertiary/aromatic N) is 3. The van der Waals surface area contributed by atoms with E-state index in [0.29, 0.717) is 0 Å². The summed E-state index contributed by atoms with van der Waals surface area (Å²) >= 11 is 0. The Labute approximate surface area is 92.6 Å². The minimum absolute atomic E-state index is 0.0113. The molecule has 16 heavy (non-hydrogen) atoms. The van der Waals surface area contributed by atoms with Crippen molar-refractivity contribution in [1.29, 1.82) is 0 Å². The van der Waals surface area contributed by atoms with E-state index in [2.05, 4.69) is 10.3 Å². The minimum Gasteiger partial charge on any atom is -0.468 e. The average Bonchev–Trinajstić information content (AvgIpc) is 2.62. The molecule has 0 aromatic carbocycles. The van der Waals surface area contributed by atoms with Crippen LogP contribution in [-0.2, 0) is 7.05 Å². The summed E-state index contributed by atoms with van der Waals surface area (Å²) in [6.07, 6.45) is 3.32. The molecule has 1 atom stereocenters. The smallest absolute Gasteiger partial charge is 0.426 e. The van der Waals surface area contributed by atoms with Gasteiger partial charge in [-0.25, -0.2) is 0 Å². The number of imidazole rings is 1. The molecule has 1 aromatic heterocycles. The standard InChI is InChI=1S/C9H14N4O3/c1-12-6-11-8(13(14)15)9(12)16-7-3-2-4-10-5-7/h6-7,10H,2-5H2,1H3. The summed E-state index contributed by atoms with van der Waals surface area (Å²) in [7, 11) is 1.69. The zero-order valence-corrected chi connectivity index (χ0v) is 9.05. The molecule has 7 heteroatoms. The maximum atomic E-state index is 10.7. The van der Waals surface area contributed by atoms with Crippen molar-refractivity contribution in [2.75, 3.05) is 13.1 Å². The Kier molecular flexibility index (Phi) is 3.04. The lowest BCUT2D eigenvalue weighted by molar-refractivity contribution is -0.390. The summed E-state index contributed by atoms with van der Waals surface area (Å²) in [4.78, 5) is 13.9. The molecule has 0 bridgehead atoms. The highest BCUT2D eigenvalue weighted by molar-refractivity contribution is 5.33. The van der Waals surface area contributed by atoms with Crippen LogP contribution < -0.4 is 10.1 Å². The van der Waals surface area contributed by atoms with Crippen molar-refractivity contribution in [3.8, 4) is 5.88 Å². The normalized spacial score (nSPS) is 20.7. The van der Waals surface area contributed by atoms with Crippen LogP contribution in [0.25, 0.3) is 0 Å². The van der Waals surface area contributed by atoms with Gasteiger partial charge in [-0.2, -0.15) is 0 Å². The second kappa shape index (κ2) is 4.48. The first-order valence-corrected chi connectivity index (χ1v) is 5.21. The van der Waals surface area contributed by atoms with Gasteiger partial charge in [-0.15, -0.1) is 0 Å². The topological polar surface area (TPSA) is 82.2 Å². The van der Waals surface area contributed by atoms with Crippen LogP contribution in [0.1, 0.15) is 12.8 Å². The van der Waals surface area contributed by atoms with Crippen LogP contribution in [0.15, 0.2) is 6.33 Å². The second-order valence-corrected chi connectivity index (χ2v) is 3.83. The van der Waals surface area contributed by atoms with E-state index in [1.807, 2.05) is 0 Å². The molecule has 7 nitrogen and oxygen atoms in total. The number of ether oxygens (including phenoxy) is 1. The van der Waals surface area contributed by atoms with E-state index in [1.165, 1.54) is 10.9 Å². The number of aryl methyl sites for hydroxylation is 1. The third-order valence-electron chi connectivity index (χ3n) is 2.57. The fraction of sp³-hybridized carbons (Fsp3) is 0.667. The molecule has 0 radical (unpaired) electrons. The first-order valence-electron chi connectivity index (χ1n) is 5.21. The van der Waals surface area contributed by atoms with E-state index < -0.39 is 4.92 Å². The highest BCUT2D eigenvalue weighted by atomic mass is 16.6. The van der Waals surface area contributed by atoms with Crippen LogP contribution in [-0.4, -0.2) is 33.7 Å². The summed E-state index contributed by atoms with van der Waals surface area (Å²) in [6.45, 7) is 1.70. The fourth-order valence-corrected chi connectivity index (χ4v) is 1.75. The van der Waals surface area contributed by atoms with E-state index in [0.717, 1.165) is 25.9 Å². The Morgan fingerprint density at radius 1 is 1.75 bits per heavy atom. The number of hydrogen-bond acceptors (Lipinski definition) is 5. The molecular formula is C9H14N4O3. The summed E-state index contributed by atoms with van der Waals surface area (Å²) in [6, 6.07) is 0. The van der Waals surface area contributed by atoms with Gasteiger partial charge in [0.15, 0.2) is 0 Å². The Morgan fingerprint density at radius 3 is 3.19 bits per heavy atom. The molecule has 2 rings (SSSR count). The number of hydrogen-bond donors (Lipinski definition) is 1. The quantitative estimate of drug-likeness (QED) is 0.598. The number of nitrogens with one attached hydrogen (secondary N) is 1. The van der Waals surface area contributed by atoms with E-state index in [-0.39, 0.29) is 17.8 Å². The fourth-order valence-electron chi connectivity index (χ4n) is 1.75. The van der Waals surface area contributed by atoms with Gasteiger partial charge in [-0.3, -0.25) is 4.57 Å². The minimum atomic E-state index is -0.522. The molecule has 1 aromatic rings. The predicted molar refractivity (Wildman–Crippen MR) is 56.4 cm³/mol. The average molecular weight is 226 g/mol. The summed E-state index contributed by atoms with van der Waals surface area (Å²) in [5, 5.41) is 13.9. The first kappa shape index (κ1) is 10.9. The van der Waals surface area contributed by atoms with E-state index in [4.69, 9.17) is 4.74 Å². The number of rotatable bonds is 3. The molecule has 1 fully saturated rings. The van der Waals surface area contributed by atoms with Crippen LogP contribution in [0.2, 0.25) is 0 Å². The van der Waals surface area contributed by atoms with Crippen molar-refractivity contribution in [2.45, 2.75) is 18.9 Å². The molecule has 0 saturated carbocycles. The van der Waals surface area contributed by atoms with Gasteiger partial charge in [-0.05, 0) is 29.3 Å². The summed E-state index contributed by atoms with van der Waals surface area (Å²) in [5.74, 6) is 0.0202. The van der Waals surface area contributed by atoms with Crippen LogP contribution >= 0.6 is 0 Å². The van der Waals surface area contributed by atoms with Gasteiger partial charge in [0.2, 0.25) is 6.33 Å².